The summed E-state index contributed by atoms with van der Waals surface area (Å²) >= 11 is 0. The second-order valence-electron chi connectivity index (χ2n) is 21.6. The van der Waals surface area contributed by atoms with Gasteiger partial charge in [0.25, 0.3) is 6.71 Å². The maximum absolute atomic E-state index is 2.95. The molecule has 2 aliphatic carbocycles. The molecule has 0 N–H and O–H groups in total. The molecule has 4 atom stereocenters. The van der Waals surface area contributed by atoms with Gasteiger partial charge in [0.15, 0.2) is 0 Å². The van der Waals surface area contributed by atoms with Crippen LogP contribution in [-0.2, 0) is 21.7 Å². The van der Waals surface area contributed by atoms with Crippen LogP contribution in [0.5, 0.6) is 0 Å². The van der Waals surface area contributed by atoms with E-state index in [9.17, 15) is 0 Å². The molecule has 5 aromatic rings. The van der Waals surface area contributed by atoms with E-state index in [2.05, 4.69) is 168 Å². The molecule has 5 aliphatic heterocycles. The minimum absolute atomic E-state index is 0.0201. The van der Waals surface area contributed by atoms with E-state index in [-0.39, 0.29) is 39.5 Å². The topological polar surface area (TPSA) is 9.72 Å². The summed E-state index contributed by atoms with van der Waals surface area (Å²) in [6.45, 7) is 22.8. The fourth-order valence-electron chi connectivity index (χ4n) is 14.1. The van der Waals surface area contributed by atoms with Gasteiger partial charge in [-0.25, -0.2) is 0 Å². The largest absolute Gasteiger partial charge is 0.335 e. The van der Waals surface area contributed by atoms with Gasteiger partial charge in [0.1, 0.15) is 0 Å². The van der Waals surface area contributed by atoms with Gasteiger partial charge in [-0.3, -0.25) is 0 Å². The molecule has 5 aromatic carbocycles. The molecule has 7 aliphatic rings. The minimum Gasteiger partial charge on any atom is -0.335 e. The van der Waals surface area contributed by atoms with Crippen molar-refractivity contribution in [1.82, 2.24) is 0 Å². The summed E-state index contributed by atoms with van der Waals surface area (Å²) in [4.78, 5) is 8.51. The number of hydrogen-bond donors (Lipinski definition) is 0. The van der Waals surface area contributed by atoms with Crippen LogP contribution < -0.4 is 31.1 Å². The Balaban J connectivity index is 1.24. The summed E-state index contributed by atoms with van der Waals surface area (Å²) in [5.41, 5.74) is 21.9. The first kappa shape index (κ1) is 34.6. The van der Waals surface area contributed by atoms with Crippen LogP contribution in [0.1, 0.15) is 141 Å². The molecule has 0 spiro atoms. The summed E-state index contributed by atoms with van der Waals surface area (Å²) in [5, 5.41) is 0. The van der Waals surface area contributed by atoms with Crippen molar-refractivity contribution in [3.8, 4) is 0 Å². The molecule has 0 bridgehead atoms. The van der Waals surface area contributed by atoms with E-state index in [1.54, 1.807) is 22.1 Å². The number of benzene rings is 5. The van der Waals surface area contributed by atoms with Gasteiger partial charge in [0.2, 0.25) is 0 Å². The number of anilines is 7. The SMILES string of the molecule is CC(C)(C)c1cc2c3c(c1)C1(C)CCCCC1(C)N3c1cc(N3c4ccccc4C(C)(C)c4ccccc43)cc3c1B2c1cccc2c1N3C1(C)CCCCC21C. The van der Waals surface area contributed by atoms with E-state index >= 15 is 0 Å². The van der Waals surface area contributed by atoms with E-state index in [0.717, 1.165) is 0 Å². The van der Waals surface area contributed by atoms with E-state index in [0.29, 0.717) is 0 Å². The fourth-order valence-corrected chi connectivity index (χ4v) is 14.1. The Labute approximate surface area is 341 Å². The van der Waals surface area contributed by atoms with Crippen LogP contribution in [0, 0.1) is 0 Å². The molecule has 0 radical (unpaired) electrons. The van der Waals surface area contributed by atoms with Crippen LogP contribution in [0.2, 0.25) is 0 Å². The molecule has 57 heavy (non-hydrogen) atoms. The lowest BCUT2D eigenvalue weighted by Crippen LogP contribution is -2.66. The van der Waals surface area contributed by atoms with Crippen molar-refractivity contribution in [2.24, 2.45) is 0 Å². The third-order valence-corrected chi connectivity index (χ3v) is 17.7. The summed E-state index contributed by atoms with van der Waals surface area (Å²) < 4.78 is 0. The second-order valence-corrected chi connectivity index (χ2v) is 21.6. The second kappa shape index (κ2) is 10.6. The smallest absolute Gasteiger partial charge is 0.252 e. The van der Waals surface area contributed by atoms with Crippen molar-refractivity contribution in [2.75, 3.05) is 14.7 Å². The van der Waals surface area contributed by atoms with Gasteiger partial charge >= 0.3 is 0 Å². The van der Waals surface area contributed by atoms with Gasteiger partial charge in [-0.05, 0) is 113 Å². The Bertz CT molecular complexity index is 2550. The Morgan fingerprint density at radius 3 is 1.60 bits per heavy atom. The average Bonchev–Trinajstić information content (AvgIpc) is 3.54. The number of rotatable bonds is 1. The van der Waals surface area contributed by atoms with Crippen molar-refractivity contribution < 1.29 is 0 Å². The van der Waals surface area contributed by atoms with Gasteiger partial charge in [0.05, 0.1) is 28.1 Å². The normalized spacial score (nSPS) is 29.2. The van der Waals surface area contributed by atoms with E-state index in [4.69, 9.17) is 0 Å². The fraction of sp³-hybridized carbons (Fsp3) is 0.434. The minimum atomic E-state index is -0.109. The zero-order chi connectivity index (χ0) is 39.2. The molecule has 2 saturated carbocycles. The molecule has 5 heterocycles. The van der Waals surface area contributed by atoms with Crippen LogP contribution in [0.4, 0.5) is 39.8 Å². The van der Waals surface area contributed by atoms with Crippen LogP contribution in [-0.4, -0.2) is 17.8 Å². The highest BCUT2D eigenvalue weighted by atomic mass is 15.3. The maximum Gasteiger partial charge on any atom is 0.252 e. The predicted molar refractivity (Wildman–Crippen MR) is 242 cm³/mol. The first-order valence-corrected chi connectivity index (χ1v) is 22.3. The molecule has 3 nitrogen and oxygen atoms in total. The van der Waals surface area contributed by atoms with Gasteiger partial charge < -0.3 is 14.7 Å². The highest BCUT2D eigenvalue weighted by molar-refractivity contribution is 7.00. The van der Waals surface area contributed by atoms with Crippen molar-refractivity contribution >= 4 is 62.9 Å². The lowest BCUT2D eigenvalue weighted by atomic mass is 9.33. The summed E-state index contributed by atoms with van der Waals surface area (Å²) in [6, 6.07) is 36.6. The summed E-state index contributed by atoms with van der Waals surface area (Å²) in [7, 11) is 0. The van der Waals surface area contributed by atoms with Crippen molar-refractivity contribution in [3.63, 3.8) is 0 Å². The zero-order valence-corrected chi connectivity index (χ0v) is 35.7. The van der Waals surface area contributed by atoms with Crippen LogP contribution >= 0.6 is 0 Å². The maximum atomic E-state index is 2.95. The number of fused-ring (bicyclic) bond motifs is 12. The number of nitrogens with zero attached hydrogens (tertiary/aromatic N) is 3. The van der Waals surface area contributed by atoms with E-state index in [1.807, 2.05) is 0 Å². The standard InChI is InChI=1S/C53H58BN3/c1-48(2,3)33-29-38-47-40(30-33)54-39-22-18-21-37-46(39)56(52(8)27-16-14-25-50(37,52)6)43-31-34(32-44(45(43)54)57(47)53(9)28-17-15-26-51(38,53)7)55-41-23-12-10-19-35(41)49(4,5)36-20-11-13-24-42(36)55/h10-13,18-24,29-32H,14-17,25-28H2,1-9H3. The Morgan fingerprint density at radius 2 is 1.02 bits per heavy atom. The van der Waals surface area contributed by atoms with Gasteiger partial charge in [0, 0.05) is 39.0 Å². The lowest BCUT2D eigenvalue weighted by molar-refractivity contribution is 0.194. The summed E-state index contributed by atoms with van der Waals surface area (Å²) in [6.07, 6.45) is 10.0. The lowest BCUT2D eigenvalue weighted by Gasteiger charge is -2.55. The first-order valence-electron chi connectivity index (χ1n) is 22.3. The van der Waals surface area contributed by atoms with Gasteiger partial charge in [-0.1, -0.05) is 141 Å². The highest BCUT2D eigenvalue weighted by Crippen LogP contribution is 2.66. The molecule has 288 valence electrons. The molecule has 12 rings (SSSR count). The molecule has 0 aromatic heterocycles. The summed E-state index contributed by atoms with van der Waals surface area (Å²) in [5.74, 6) is 0. The van der Waals surface area contributed by atoms with Crippen LogP contribution in [0.3, 0.4) is 0 Å². The molecule has 0 amide bonds. The predicted octanol–water partition coefficient (Wildman–Crippen LogP) is 11.7. The number of hydrogen-bond acceptors (Lipinski definition) is 3. The molecule has 2 fully saturated rings. The number of para-hydroxylation sites is 3. The molecule has 0 saturated heterocycles. The van der Waals surface area contributed by atoms with E-state index in [1.165, 1.54) is 113 Å². The van der Waals surface area contributed by atoms with Crippen molar-refractivity contribution in [2.45, 2.75) is 146 Å². The Kier molecular flexibility index (Phi) is 6.43. The monoisotopic (exact) mass is 747 g/mol. The third-order valence-electron chi connectivity index (χ3n) is 17.7. The first-order chi connectivity index (χ1) is 27.2. The average molecular weight is 748 g/mol. The Morgan fingerprint density at radius 1 is 0.509 bits per heavy atom. The molecule has 4 unspecified atom stereocenters. The molecular formula is C53H58BN3. The highest BCUT2D eigenvalue weighted by Gasteiger charge is 2.65. The van der Waals surface area contributed by atoms with Gasteiger partial charge in [-0.15, -0.1) is 0 Å². The van der Waals surface area contributed by atoms with Crippen LogP contribution in [0.25, 0.3) is 0 Å². The van der Waals surface area contributed by atoms with Crippen LogP contribution in [0.15, 0.2) is 91.0 Å². The van der Waals surface area contributed by atoms with Gasteiger partial charge in [-0.2, -0.15) is 0 Å². The van der Waals surface area contributed by atoms with Crippen molar-refractivity contribution in [3.05, 3.63) is 119 Å². The Hall–Kier alpha value is -4.44. The molecular weight excluding hydrogens is 689 g/mol. The quantitative estimate of drug-likeness (QED) is 0.158. The zero-order valence-electron chi connectivity index (χ0n) is 35.7. The van der Waals surface area contributed by atoms with E-state index < -0.39 is 0 Å². The third kappa shape index (κ3) is 3.84. The van der Waals surface area contributed by atoms with Crippen molar-refractivity contribution in [1.29, 1.82) is 0 Å². The molecule has 4 heteroatoms.